The fraction of sp³-hybridized carbons (Fsp3) is 0.296. The number of nitrogens with two attached hydrogens (primary N) is 1. The smallest absolute Gasteiger partial charge is 0.269 e. The van der Waals surface area contributed by atoms with Gasteiger partial charge in [-0.25, -0.2) is 15.0 Å². The van der Waals surface area contributed by atoms with Crippen LogP contribution in [0.5, 0.6) is 0 Å². The first kappa shape index (κ1) is 25.1. The molecule has 3 amide bonds. The zero-order chi connectivity index (χ0) is 27.3. The van der Waals surface area contributed by atoms with Crippen molar-refractivity contribution in [3.8, 4) is 11.1 Å². The van der Waals surface area contributed by atoms with E-state index in [1.165, 1.54) is 4.68 Å². The van der Waals surface area contributed by atoms with Crippen molar-refractivity contribution in [2.24, 2.45) is 11.7 Å². The minimum atomic E-state index is -0.692. The predicted molar refractivity (Wildman–Crippen MR) is 146 cm³/mol. The lowest BCUT2D eigenvalue weighted by molar-refractivity contribution is -0.141. The molecule has 1 aromatic carbocycles. The zero-order valence-corrected chi connectivity index (χ0v) is 22.6. The van der Waals surface area contributed by atoms with Crippen molar-refractivity contribution < 1.29 is 14.4 Å². The van der Waals surface area contributed by atoms with Crippen molar-refractivity contribution >= 4 is 50.4 Å². The fourth-order valence-electron chi connectivity index (χ4n) is 5.78. The first-order valence-corrected chi connectivity index (χ1v) is 13.4. The van der Waals surface area contributed by atoms with Gasteiger partial charge in [-0.1, -0.05) is 12.1 Å². The number of hydrogen-bond acceptors (Lipinski definition) is 7. The van der Waals surface area contributed by atoms with Gasteiger partial charge in [0.25, 0.3) is 5.91 Å². The molecule has 4 aromatic rings. The number of anilines is 1. The number of nitrogens with zero attached hydrogens (tertiary/aromatic N) is 6. The highest BCUT2D eigenvalue weighted by Crippen LogP contribution is 2.43. The van der Waals surface area contributed by atoms with Crippen molar-refractivity contribution in [3.05, 3.63) is 64.9 Å². The Morgan fingerprint density at radius 2 is 1.90 bits per heavy atom. The third kappa shape index (κ3) is 4.65. The van der Waals surface area contributed by atoms with Crippen molar-refractivity contribution in [2.45, 2.75) is 44.8 Å². The molecule has 1 saturated heterocycles. The summed E-state index contributed by atoms with van der Waals surface area (Å²) in [4.78, 5) is 53.8. The lowest BCUT2D eigenvalue weighted by Crippen LogP contribution is -2.52. The largest absolute Gasteiger partial charge is 0.364 e. The topological polar surface area (TPSA) is 149 Å². The normalized spacial score (nSPS) is 19.9. The monoisotopic (exact) mass is 588 g/mol. The number of carbonyl (C=O) groups is 3. The predicted octanol–water partition coefficient (Wildman–Crippen LogP) is 3.08. The molecule has 1 aliphatic heterocycles. The molecule has 4 heterocycles. The maximum Gasteiger partial charge on any atom is 0.269 e. The van der Waals surface area contributed by atoms with E-state index in [4.69, 9.17) is 5.73 Å². The van der Waals surface area contributed by atoms with Crippen LogP contribution in [0.15, 0.2) is 53.4 Å². The van der Waals surface area contributed by atoms with Crippen LogP contribution in [0.4, 0.5) is 5.82 Å². The summed E-state index contributed by atoms with van der Waals surface area (Å²) in [6, 6.07) is 10.1. The highest BCUT2D eigenvalue weighted by atomic mass is 79.9. The average molecular weight is 589 g/mol. The molecule has 1 saturated carbocycles. The third-order valence-electron chi connectivity index (χ3n) is 7.49. The molecule has 39 heavy (non-hydrogen) atoms. The van der Waals surface area contributed by atoms with Crippen molar-refractivity contribution in [2.75, 3.05) is 5.32 Å². The number of aryl methyl sites for hydroxylation is 1. The standard InChI is InChI=1S/C27H25BrN8O3/c1-14-30-11-17(12-31-14)15-6-8-20-19(10-15)24(26(29)38)34-35(20)13-23(37)36-18-7-5-16(9-18)25(36)27(39)33-22-4-2-3-21(28)32-22/h2-4,6,8,10-12,16,18,25H,5,7,9,13H2,1H3,(H2,29,38)(H,32,33,39)/t16?,18?,25-/m0/s1. The van der Waals surface area contributed by atoms with Crippen LogP contribution in [-0.2, 0) is 16.1 Å². The molecule has 0 spiro atoms. The Hall–Kier alpha value is -4.19. The zero-order valence-electron chi connectivity index (χ0n) is 21.0. The van der Waals surface area contributed by atoms with Crippen LogP contribution in [0.3, 0.4) is 0 Å². The maximum absolute atomic E-state index is 13.7. The molecular formula is C27H25BrN8O3. The summed E-state index contributed by atoms with van der Waals surface area (Å²) in [5, 5.41) is 7.80. The maximum atomic E-state index is 13.7. The second-order valence-electron chi connectivity index (χ2n) is 9.93. The molecule has 1 aliphatic carbocycles. The van der Waals surface area contributed by atoms with Gasteiger partial charge in [0.1, 0.15) is 28.8 Å². The number of amides is 3. The van der Waals surface area contributed by atoms with E-state index >= 15 is 0 Å². The summed E-state index contributed by atoms with van der Waals surface area (Å²) in [5.74, 6) is -0.0262. The lowest BCUT2D eigenvalue weighted by atomic mass is 9.97. The quantitative estimate of drug-likeness (QED) is 0.329. The molecule has 3 aromatic heterocycles. The number of benzene rings is 1. The van der Waals surface area contributed by atoms with Crippen LogP contribution < -0.4 is 11.1 Å². The summed E-state index contributed by atoms with van der Waals surface area (Å²) >= 11 is 3.32. The fourth-order valence-corrected chi connectivity index (χ4v) is 6.12. The van der Waals surface area contributed by atoms with Gasteiger partial charge in [0.2, 0.25) is 11.8 Å². The molecule has 198 valence electrons. The number of pyridine rings is 1. The van der Waals surface area contributed by atoms with Gasteiger partial charge in [0, 0.05) is 29.4 Å². The van der Waals surface area contributed by atoms with Crippen LogP contribution in [0.2, 0.25) is 0 Å². The Kier molecular flexibility index (Phi) is 6.34. The van der Waals surface area contributed by atoms with Gasteiger partial charge in [0.15, 0.2) is 5.69 Å². The molecule has 2 aliphatic rings. The second-order valence-corrected chi connectivity index (χ2v) is 10.7. The number of piperidine rings is 1. The van der Waals surface area contributed by atoms with Gasteiger partial charge < -0.3 is 16.0 Å². The van der Waals surface area contributed by atoms with E-state index in [0.717, 1.165) is 30.4 Å². The van der Waals surface area contributed by atoms with Gasteiger partial charge in [-0.3, -0.25) is 19.1 Å². The van der Waals surface area contributed by atoms with Gasteiger partial charge in [-0.15, -0.1) is 0 Å². The Labute approximate surface area is 231 Å². The summed E-state index contributed by atoms with van der Waals surface area (Å²) in [6.45, 7) is 1.68. The van der Waals surface area contributed by atoms with Crippen molar-refractivity contribution in [1.29, 1.82) is 0 Å². The molecule has 11 nitrogen and oxygen atoms in total. The van der Waals surface area contributed by atoms with Crippen LogP contribution in [0, 0.1) is 12.8 Å². The van der Waals surface area contributed by atoms with E-state index in [-0.39, 0.29) is 36.0 Å². The molecule has 12 heteroatoms. The molecule has 6 rings (SSSR count). The van der Waals surface area contributed by atoms with E-state index in [9.17, 15) is 14.4 Å². The number of aromatic nitrogens is 5. The number of halogens is 1. The molecule has 2 fully saturated rings. The van der Waals surface area contributed by atoms with Gasteiger partial charge in [0.05, 0.1) is 5.52 Å². The van der Waals surface area contributed by atoms with Crippen LogP contribution in [0.1, 0.15) is 35.6 Å². The Morgan fingerprint density at radius 1 is 1.10 bits per heavy atom. The Balaban J connectivity index is 1.29. The minimum Gasteiger partial charge on any atom is -0.364 e. The number of carbonyl (C=O) groups excluding carboxylic acids is 3. The number of likely N-dealkylation sites (tertiary alicyclic amines) is 1. The minimum absolute atomic E-state index is 0.0145. The summed E-state index contributed by atoms with van der Waals surface area (Å²) in [5.41, 5.74) is 7.90. The van der Waals surface area contributed by atoms with E-state index in [0.29, 0.717) is 27.1 Å². The average Bonchev–Trinajstić information content (AvgIpc) is 3.62. The molecule has 3 N–H and O–H groups in total. The number of rotatable bonds is 6. The lowest BCUT2D eigenvalue weighted by Gasteiger charge is -2.34. The van der Waals surface area contributed by atoms with Gasteiger partial charge in [-0.05, 0) is 77.9 Å². The number of primary amides is 1. The van der Waals surface area contributed by atoms with Crippen LogP contribution >= 0.6 is 15.9 Å². The number of hydrogen-bond donors (Lipinski definition) is 2. The summed E-state index contributed by atoms with van der Waals surface area (Å²) < 4.78 is 2.10. The number of fused-ring (bicyclic) bond motifs is 3. The second kappa shape index (κ2) is 9.84. The summed E-state index contributed by atoms with van der Waals surface area (Å²) in [7, 11) is 0. The first-order valence-electron chi connectivity index (χ1n) is 12.6. The highest BCUT2D eigenvalue weighted by molar-refractivity contribution is 9.10. The Morgan fingerprint density at radius 3 is 2.64 bits per heavy atom. The van der Waals surface area contributed by atoms with E-state index in [1.54, 1.807) is 54.5 Å². The molecule has 3 atom stereocenters. The van der Waals surface area contributed by atoms with Crippen LogP contribution in [0.25, 0.3) is 22.0 Å². The molecule has 0 radical (unpaired) electrons. The van der Waals surface area contributed by atoms with Crippen molar-refractivity contribution in [3.63, 3.8) is 0 Å². The van der Waals surface area contributed by atoms with E-state index in [2.05, 4.69) is 41.3 Å². The van der Waals surface area contributed by atoms with E-state index < -0.39 is 11.9 Å². The Bertz CT molecular complexity index is 1620. The molecular weight excluding hydrogens is 564 g/mol. The van der Waals surface area contributed by atoms with Gasteiger partial charge >= 0.3 is 0 Å². The van der Waals surface area contributed by atoms with E-state index in [1.807, 2.05) is 6.07 Å². The molecule has 2 unspecified atom stereocenters. The molecule has 2 bridgehead atoms. The highest BCUT2D eigenvalue weighted by Gasteiger charge is 2.51. The first-order chi connectivity index (χ1) is 18.8. The third-order valence-corrected chi connectivity index (χ3v) is 7.93. The van der Waals surface area contributed by atoms with Gasteiger partial charge in [-0.2, -0.15) is 5.10 Å². The number of nitrogens with one attached hydrogen (secondary N) is 1. The SMILES string of the molecule is Cc1ncc(-c2ccc3c(c2)c(C(N)=O)nn3CC(=O)N2C3CCC(C3)[C@H]2C(=O)Nc2cccc(Br)n2)cn1. The summed E-state index contributed by atoms with van der Waals surface area (Å²) in [6.07, 6.45) is 5.94. The van der Waals surface area contributed by atoms with Crippen molar-refractivity contribution in [1.82, 2.24) is 29.6 Å². The van der Waals surface area contributed by atoms with Crippen LogP contribution in [-0.4, -0.2) is 59.4 Å².